The minimum Gasteiger partial charge on any atom is -0.457 e. The van der Waals surface area contributed by atoms with E-state index >= 15 is 0 Å². The Hall–Kier alpha value is -2.40. The molecule has 0 aliphatic heterocycles. The zero-order valence-corrected chi connectivity index (χ0v) is 12.7. The third kappa shape index (κ3) is 4.30. The Balaban J connectivity index is 2.11. The number of nitrogens with zero attached hydrogens (tertiary/aromatic N) is 1. The first-order chi connectivity index (χ1) is 10.6. The van der Waals surface area contributed by atoms with Gasteiger partial charge in [0.1, 0.15) is 11.5 Å². The van der Waals surface area contributed by atoms with Gasteiger partial charge in [-0.05, 0) is 42.7 Å². The van der Waals surface area contributed by atoms with E-state index in [1.807, 2.05) is 19.9 Å². The van der Waals surface area contributed by atoms with Crippen LogP contribution in [-0.2, 0) is 0 Å². The first-order valence-electron chi connectivity index (χ1n) is 7.17. The number of nitrogens with one attached hydrogen (secondary N) is 1. The highest BCUT2D eigenvalue weighted by Gasteiger charge is 2.10. The average molecular weight is 300 g/mol. The van der Waals surface area contributed by atoms with Gasteiger partial charge < -0.3 is 15.2 Å². The molecule has 22 heavy (non-hydrogen) atoms. The topological polar surface area (TPSA) is 71.5 Å². The van der Waals surface area contributed by atoms with Gasteiger partial charge in [-0.2, -0.15) is 0 Å². The summed E-state index contributed by atoms with van der Waals surface area (Å²) in [6.45, 7) is 4.27. The maximum Gasteiger partial charge on any atom is 0.251 e. The van der Waals surface area contributed by atoms with Crippen molar-refractivity contribution in [1.82, 2.24) is 10.3 Å². The fourth-order valence-electron chi connectivity index (χ4n) is 1.82. The summed E-state index contributed by atoms with van der Waals surface area (Å²) in [6, 6.07) is 8.84. The minimum absolute atomic E-state index is 0.0296. The van der Waals surface area contributed by atoms with Crippen LogP contribution in [0.5, 0.6) is 11.5 Å². The smallest absolute Gasteiger partial charge is 0.251 e. The predicted octanol–water partition coefficient (Wildman–Crippen LogP) is 2.54. The molecule has 5 nitrogen and oxygen atoms in total. The van der Waals surface area contributed by atoms with Crippen LogP contribution in [0.2, 0.25) is 0 Å². The molecule has 0 saturated heterocycles. The second-order valence-electron chi connectivity index (χ2n) is 5.26. The molecule has 1 unspecified atom stereocenters. The van der Waals surface area contributed by atoms with Crippen LogP contribution in [0.25, 0.3) is 0 Å². The molecule has 5 heteroatoms. The highest BCUT2D eigenvalue weighted by molar-refractivity contribution is 5.94. The van der Waals surface area contributed by atoms with E-state index in [1.165, 1.54) is 0 Å². The summed E-state index contributed by atoms with van der Waals surface area (Å²) in [4.78, 5) is 16.1. The zero-order chi connectivity index (χ0) is 15.9. The second-order valence-corrected chi connectivity index (χ2v) is 5.26. The maximum absolute atomic E-state index is 12.1. The molecule has 0 aliphatic carbocycles. The number of carbonyl (C=O) groups is 1. The van der Waals surface area contributed by atoms with Gasteiger partial charge in [-0.25, -0.2) is 0 Å². The molecule has 1 amide bonds. The molecule has 0 radical (unpaired) electrons. The summed E-state index contributed by atoms with van der Waals surface area (Å²) >= 11 is 0. The number of hydrogen-bond acceptors (Lipinski definition) is 4. The monoisotopic (exact) mass is 300 g/mol. The Bertz CT molecular complexity index is 629. The molecule has 0 fully saturated rings. The molecule has 1 heterocycles. The number of aliphatic hydroxyl groups excluding tert-OH is 1. The van der Waals surface area contributed by atoms with Gasteiger partial charge in [0.2, 0.25) is 0 Å². The van der Waals surface area contributed by atoms with E-state index in [-0.39, 0.29) is 18.4 Å². The van der Waals surface area contributed by atoms with Crippen molar-refractivity contribution in [2.75, 3.05) is 13.2 Å². The van der Waals surface area contributed by atoms with E-state index in [1.54, 1.807) is 36.7 Å². The van der Waals surface area contributed by atoms with Crippen molar-refractivity contribution in [3.05, 3.63) is 53.9 Å². The van der Waals surface area contributed by atoms with Crippen LogP contribution in [0.1, 0.15) is 22.8 Å². The quantitative estimate of drug-likeness (QED) is 0.860. The van der Waals surface area contributed by atoms with Gasteiger partial charge in [0.15, 0.2) is 0 Å². The molecule has 1 aromatic heterocycles. The minimum atomic E-state index is -0.181. The van der Waals surface area contributed by atoms with E-state index in [0.29, 0.717) is 23.6 Å². The number of hydrogen-bond donors (Lipinski definition) is 2. The number of carbonyl (C=O) groups excluding carboxylic acids is 1. The normalized spacial score (nSPS) is 11.8. The lowest BCUT2D eigenvalue weighted by Crippen LogP contribution is -2.29. The van der Waals surface area contributed by atoms with Crippen LogP contribution in [0.3, 0.4) is 0 Å². The summed E-state index contributed by atoms with van der Waals surface area (Å²) in [5, 5.41) is 11.8. The number of benzene rings is 1. The molecule has 1 aromatic carbocycles. The fraction of sp³-hybridized carbons (Fsp3) is 0.294. The molecule has 0 aliphatic rings. The predicted molar refractivity (Wildman–Crippen MR) is 84.1 cm³/mol. The van der Waals surface area contributed by atoms with Crippen LogP contribution in [0, 0.1) is 12.8 Å². The number of amides is 1. The number of ether oxygens (including phenoxy) is 1. The van der Waals surface area contributed by atoms with Crippen molar-refractivity contribution >= 4 is 5.91 Å². The molecule has 2 rings (SSSR count). The molecule has 0 saturated carbocycles. The maximum atomic E-state index is 12.1. The summed E-state index contributed by atoms with van der Waals surface area (Å²) in [7, 11) is 0. The van der Waals surface area contributed by atoms with Crippen LogP contribution < -0.4 is 10.1 Å². The van der Waals surface area contributed by atoms with E-state index in [4.69, 9.17) is 9.84 Å². The van der Waals surface area contributed by atoms with Crippen molar-refractivity contribution in [2.24, 2.45) is 5.92 Å². The van der Waals surface area contributed by atoms with Crippen LogP contribution in [0.15, 0.2) is 42.7 Å². The number of aromatic nitrogens is 1. The second kappa shape index (κ2) is 7.56. The molecule has 116 valence electrons. The van der Waals surface area contributed by atoms with Crippen LogP contribution in [-0.4, -0.2) is 29.1 Å². The van der Waals surface area contributed by atoms with Gasteiger partial charge in [0, 0.05) is 31.1 Å². The summed E-state index contributed by atoms with van der Waals surface area (Å²) < 4.78 is 5.79. The lowest BCUT2D eigenvalue weighted by molar-refractivity contribution is 0.0942. The van der Waals surface area contributed by atoms with Gasteiger partial charge in [0.05, 0.1) is 0 Å². The van der Waals surface area contributed by atoms with Crippen molar-refractivity contribution in [3.63, 3.8) is 0 Å². The Morgan fingerprint density at radius 2 is 2.05 bits per heavy atom. The Kier molecular flexibility index (Phi) is 5.49. The van der Waals surface area contributed by atoms with Crippen LogP contribution >= 0.6 is 0 Å². The van der Waals surface area contributed by atoms with Gasteiger partial charge in [-0.1, -0.05) is 13.0 Å². The van der Waals surface area contributed by atoms with E-state index < -0.39 is 0 Å². The van der Waals surface area contributed by atoms with Gasteiger partial charge in [-0.3, -0.25) is 9.78 Å². The number of aliphatic hydroxyl groups is 1. The molecule has 2 aromatic rings. The van der Waals surface area contributed by atoms with Gasteiger partial charge >= 0.3 is 0 Å². The third-order valence-electron chi connectivity index (χ3n) is 3.25. The lowest BCUT2D eigenvalue weighted by atomic mass is 10.1. The number of aryl methyl sites for hydroxylation is 1. The molecule has 1 atom stereocenters. The van der Waals surface area contributed by atoms with Crippen molar-refractivity contribution in [3.8, 4) is 11.5 Å². The Morgan fingerprint density at radius 1 is 1.32 bits per heavy atom. The molecule has 0 bridgehead atoms. The Morgan fingerprint density at radius 3 is 2.73 bits per heavy atom. The fourth-order valence-corrected chi connectivity index (χ4v) is 1.82. The largest absolute Gasteiger partial charge is 0.457 e. The highest BCUT2D eigenvalue weighted by Crippen LogP contribution is 2.25. The average Bonchev–Trinajstić information content (AvgIpc) is 2.55. The van der Waals surface area contributed by atoms with E-state index in [0.717, 1.165) is 5.56 Å². The highest BCUT2D eigenvalue weighted by atomic mass is 16.5. The molecule has 0 spiro atoms. The van der Waals surface area contributed by atoms with Crippen molar-refractivity contribution < 1.29 is 14.6 Å². The Labute approximate surface area is 130 Å². The SMILES string of the molecule is Cc1ccc(C(=O)NCC(C)CO)cc1Oc1ccncc1. The van der Waals surface area contributed by atoms with Crippen molar-refractivity contribution in [1.29, 1.82) is 0 Å². The zero-order valence-electron chi connectivity index (χ0n) is 12.7. The molecular weight excluding hydrogens is 280 g/mol. The van der Waals surface area contributed by atoms with Gasteiger partial charge in [-0.15, -0.1) is 0 Å². The first kappa shape index (κ1) is 16.0. The lowest BCUT2D eigenvalue weighted by Gasteiger charge is -2.12. The summed E-state index contributed by atoms with van der Waals surface area (Å²) in [6.07, 6.45) is 3.30. The third-order valence-corrected chi connectivity index (χ3v) is 3.25. The summed E-state index contributed by atoms with van der Waals surface area (Å²) in [5.74, 6) is 1.15. The standard InChI is InChI=1S/C17H20N2O3/c1-12(11-20)10-19-17(21)14-4-3-13(2)16(9-14)22-15-5-7-18-8-6-15/h3-9,12,20H,10-11H2,1-2H3,(H,19,21). The van der Waals surface area contributed by atoms with Crippen LogP contribution in [0.4, 0.5) is 0 Å². The van der Waals surface area contributed by atoms with Gasteiger partial charge in [0.25, 0.3) is 5.91 Å². The van der Waals surface area contributed by atoms with E-state index in [9.17, 15) is 4.79 Å². The number of rotatable bonds is 6. The van der Waals surface area contributed by atoms with Crippen molar-refractivity contribution in [2.45, 2.75) is 13.8 Å². The first-order valence-corrected chi connectivity index (χ1v) is 7.17. The molecular formula is C17H20N2O3. The molecule has 2 N–H and O–H groups in total. The summed E-state index contributed by atoms with van der Waals surface area (Å²) in [5.41, 5.74) is 1.47. The van der Waals surface area contributed by atoms with E-state index in [2.05, 4.69) is 10.3 Å². The number of pyridine rings is 1.